The van der Waals surface area contributed by atoms with Crippen molar-refractivity contribution < 1.29 is 27.4 Å². The summed E-state index contributed by atoms with van der Waals surface area (Å²) in [6.45, 7) is 8.89. The first-order valence-electron chi connectivity index (χ1n) is 14.4. The first kappa shape index (κ1) is 29.2. The Balaban J connectivity index is 1.20. The summed E-state index contributed by atoms with van der Waals surface area (Å²) in [5.41, 5.74) is 2.09. The summed E-state index contributed by atoms with van der Waals surface area (Å²) in [6, 6.07) is 11.7. The van der Waals surface area contributed by atoms with E-state index in [1.165, 1.54) is 0 Å². The Kier molecular flexibility index (Phi) is 7.67. The molecule has 2 N–H and O–H groups in total. The van der Waals surface area contributed by atoms with Crippen molar-refractivity contribution in [3.05, 3.63) is 65.0 Å². The lowest BCUT2D eigenvalue weighted by atomic mass is 9.82. The van der Waals surface area contributed by atoms with Crippen LogP contribution in [0.25, 0.3) is 0 Å². The van der Waals surface area contributed by atoms with Crippen molar-refractivity contribution in [2.75, 3.05) is 62.0 Å². The molecule has 228 valence electrons. The number of aryl methyl sites for hydroxylation is 2. The molecule has 0 aliphatic carbocycles. The van der Waals surface area contributed by atoms with Crippen LogP contribution in [-0.2, 0) is 34.0 Å². The molecule has 2 aromatic carbocycles. The summed E-state index contributed by atoms with van der Waals surface area (Å²) in [5.74, 6) is 0.447. The minimum atomic E-state index is -4.61. The van der Waals surface area contributed by atoms with Crippen LogP contribution in [0, 0.1) is 0 Å². The van der Waals surface area contributed by atoms with Crippen molar-refractivity contribution in [3.63, 3.8) is 0 Å². The number of carbonyl (C=O) groups is 1. The van der Waals surface area contributed by atoms with Gasteiger partial charge in [-0.3, -0.25) is 9.69 Å². The van der Waals surface area contributed by atoms with E-state index in [2.05, 4.69) is 30.4 Å². The van der Waals surface area contributed by atoms with Crippen LogP contribution in [0.2, 0.25) is 0 Å². The average Bonchev–Trinajstić information content (AvgIpc) is 3.19. The second-order valence-corrected chi connectivity index (χ2v) is 11.7. The molecule has 1 amide bonds. The van der Waals surface area contributed by atoms with Gasteiger partial charge in [0.15, 0.2) is 0 Å². The number of hydrogen-bond acceptors (Lipinski definition) is 8. The summed E-state index contributed by atoms with van der Waals surface area (Å²) in [4.78, 5) is 25.5. The number of ether oxygens (including phenoxy) is 2. The maximum atomic E-state index is 14.0. The molecule has 0 atom stereocenters. The number of anilines is 4. The van der Waals surface area contributed by atoms with E-state index in [1.54, 1.807) is 13.2 Å². The number of nitrogens with zero attached hydrogens (tertiary/aromatic N) is 4. The SMILES string of the molecule is COc1cc(N2CCN(C3COC3)CC2)ccc1Nc1ncc(C(F)(F)F)c(CCc2cccc3c2C(C)(C)C(=O)N3)n1. The number of hydrogen-bond donors (Lipinski definition) is 2. The van der Waals surface area contributed by atoms with Crippen LogP contribution in [0.1, 0.15) is 36.2 Å². The van der Waals surface area contributed by atoms with E-state index in [4.69, 9.17) is 9.47 Å². The number of alkyl halides is 3. The number of fused-ring (bicyclic) bond motifs is 1. The largest absolute Gasteiger partial charge is 0.494 e. The zero-order valence-corrected chi connectivity index (χ0v) is 24.4. The summed E-state index contributed by atoms with van der Waals surface area (Å²) in [6.07, 6.45) is -3.50. The maximum absolute atomic E-state index is 14.0. The van der Waals surface area contributed by atoms with Crippen LogP contribution in [-0.4, -0.2) is 73.3 Å². The zero-order valence-electron chi connectivity index (χ0n) is 24.4. The first-order chi connectivity index (χ1) is 20.5. The molecule has 9 nitrogen and oxygen atoms in total. The van der Waals surface area contributed by atoms with Gasteiger partial charge in [0.25, 0.3) is 0 Å². The molecule has 0 radical (unpaired) electrons. The molecule has 2 fully saturated rings. The quantitative estimate of drug-likeness (QED) is 0.384. The minimum Gasteiger partial charge on any atom is -0.494 e. The van der Waals surface area contributed by atoms with Crippen LogP contribution in [0.4, 0.5) is 36.2 Å². The van der Waals surface area contributed by atoms with E-state index >= 15 is 0 Å². The molecule has 3 aromatic rings. The van der Waals surface area contributed by atoms with Gasteiger partial charge in [-0.1, -0.05) is 12.1 Å². The first-order valence-corrected chi connectivity index (χ1v) is 14.4. The van der Waals surface area contributed by atoms with Gasteiger partial charge in [0.2, 0.25) is 11.9 Å². The predicted molar refractivity (Wildman–Crippen MR) is 157 cm³/mol. The van der Waals surface area contributed by atoms with Gasteiger partial charge in [-0.15, -0.1) is 0 Å². The van der Waals surface area contributed by atoms with E-state index in [9.17, 15) is 18.0 Å². The lowest BCUT2D eigenvalue weighted by molar-refractivity contribution is -0.138. The van der Waals surface area contributed by atoms with Crippen molar-refractivity contribution in [1.82, 2.24) is 14.9 Å². The summed E-state index contributed by atoms with van der Waals surface area (Å²) in [5, 5.41) is 5.93. The summed E-state index contributed by atoms with van der Waals surface area (Å²) < 4.78 is 52.9. The molecule has 1 aromatic heterocycles. The number of nitrogens with one attached hydrogen (secondary N) is 2. The standard InChI is InChI=1S/C31H35F3N6O3/c1-30(2)27-19(5-4-6-25(27)36-28(30)41)7-9-23-22(31(32,33)34)16-35-29(37-23)38-24-10-8-20(15-26(24)42-3)39-11-13-40(14-12-39)21-17-43-18-21/h4-6,8,10,15-16,21H,7,9,11-14,17-18H2,1-3H3,(H,36,41)(H,35,37,38). The minimum absolute atomic E-state index is 0.0157. The van der Waals surface area contributed by atoms with E-state index in [1.807, 2.05) is 44.2 Å². The Bertz CT molecular complexity index is 1520. The molecule has 0 unspecified atom stereocenters. The highest BCUT2D eigenvalue weighted by atomic mass is 19.4. The molecular formula is C31H35F3N6O3. The molecular weight excluding hydrogens is 561 g/mol. The Hall–Kier alpha value is -3.90. The molecule has 0 saturated carbocycles. The Morgan fingerprint density at radius 2 is 1.88 bits per heavy atom. The molecule has 3 aliphatic heterocycles. The summed E-state index contributed by atoms with van der Waals surface area (Å²) >= 11 is 0. The van der Waals surface area contributed by atoms with Gasteiger partial charge in [0.1, 0.15) is 5.75 Å². The highest BCUT2D eigenvalue weighted by Gasteiger charge is 2.40. The number of carbonyl (C=O) groups excluding carboxylic acids is 1. The predicted octanol–water partition coefficient (Wildman–Crippen LogP) is 4.78. The van der Waals surface area contributed by atoms with Gasteiger partial charge in [0, 0.05) is 49.8 Å². The van der Waals surface area contributed by atoms with E-state index in [0.29, 0.717) is 23.2 Å². The fraction of sp³-hybridized carbons (Fsp3) is 0.452. The zero-order chi connectivity index (χ0) is 30.4. The lowest BCUT2D eigenvalue weighted by Crippen LogP contribution is -2.56. The topological polar surface area (TPSA) is 91.9 Å². The number of aromatic nitrogens is 2. The van der Waals surface area contributed by atoms with Gasteiger partial charge < -0.3 is 25.0 Å². The number of halogens is 3. The second kappa shape index (κ2) is 11.3. The Morgan fingerprint density at radius 3 is 2.56 bits per heavy atom. The van der Waals surface area contributed by atoms with Gasteiger partial charge in [0.05, 0.1) is 48.7 Å². The molecule has 2 saturated heterocycles. The van der Waals surface area contributed by atoms with Crippen LogP contribution >= 0.6 is 0 Å². The van der Waals surface area contributed by atoms with Crippen LogP contribution < -0.4 is 20.3 Å². The van der Waals surface area contributed by atoms with Gasteiger partial charge in [-0.25, -0.2) is 9.97 Å². The molecule has 43 heavy (non-hydrogen) atoms. The van der Waals surface area contributed by atoms with E-state index < -0.39 is 17.2 Å². The fourth-order valence-electron chi connectivity index (χ4n) is 6.08. The monoisotopic (exact) mass is 596 g/mol. The smallest absolute Gasteiger partial charge is 0.419 e. The fourth-order valence-corrected chi connectivity index (χ4v) is 6.08. The third kappa shape index (κ3) is 5.73. The second-order valence-electron chi connectivity index (χ2n) is 11.7. The third-order valence-corrected chi connectivity index (χ3v) is 8.64. The van der Waals surface area contributed by atoms with Crippen LogP contribution in [0.3, 0.4) is 0 Å². The van der Waals surface area contributed by atoms with Gasteiger partial charge in [-0.2, -0.15) is 13.2 Å². The van der Waals surface area contributed by atoms with Crippen molar-refractivity contribution in [1.29, 1.82) is 0 Å². The van der Waals surface area contributed by atoms with Crippen molar-refractivity contribution in [3.8, 4) is 5.75 Å². The number of methoxy groups -OCH3 is 1. The van der Waals surface area contributed by atoms with Crippen molar-refractivity contribution in [2.24, 2.45) is 0 Å². The van der Waals surface area contributed by atoms with E-state index in [-0.39, 0.29) is 30.4 Å². The van der Waals surface area contributed by atoms with Crippen LogP contribution in [0.5, 0.6) is 5.75 Å². The molecule has 0 bridgehead atoms. The van der Waals surface area contributed by atoms with Crippen molar-refractivity contribution in [2.45, 2.75) is 44.3 Å². The number of benzene rings is 2. The number of amides is 1. The van der Waals surface area contributed by atoms with Crippen LogP contribution in [0.15, 0.2) is 42.6 Å². The lowest BCUT2D eigenvalue weighted by Gasteiger charge is -2.43. The third-order valence-electron chi connectivity index (χ3n) is 8.64. The number of rotatable bonds is 8. The van der Waals surface area contributed by atoms with E-state index in [0.717, 1.165) is 62.4 Å². The Morgan fingerprint density at radius 1 is 1.12 bits per heavy atom. The molecule has 12 heteroatoms. The van der Waals surface area contributed by atoms with Gasteiger partial charge >= 0.3 is 6.18 Å². The highest BCUT2D eigenvalue weighted by Crippen LogP contribution is 2.40. The summed E-state index contributed by atoms with van der Waals surface area (Å²) in [7, 11) is 1.55. The average molecular weight is 597 g/mol. The highest BCUT2D eigenvalue weighted by molar-refractivity contribution is 6.06. The molecule has 0 spiro atoms. The molecule has 3 aliphatic rings. The number of piperazine rings is 1. The normalized spacial score (nSPS) is 18.7. The van der Waals surface area contributed by atoms with Gasteiger partial charge in [-0.05, 0) is 56.0 Å². The Labute approximate surface area is 248 Å². The maximum Gasteiger partial charge on any atom is 0.419 e. The van der Waals surface area contributed by atoms with Crippen molar-refractivity contribution >= 4 is 28.9 Å². The molecule has 6 rings (SSSR count). The molecule has 4 heterocycles.